The normalized spacial score (nSPS) is 21.5. The first kappa shape index (κ1) is 7.55. The molecule has 0 spiro atoms. The van der Waals surface area contributed by atoms with Gasteiger partial charge in [-0.15, -0.1) is 0 Å². The van der Waals surface area contributed by atoms with Crippen LogP contribution in [0.15, 0.2) is 23.3 Å². The molecule has 0 aromatic carbocycles. The summed E-state index contributed by atoms with van der Waals surface area (Å²) < 4.78 is 0. The molecule has 1 nitrogen and oxygen atoms in total. The zero-order valence-electron chi connectivity index (χ0n) is 6.72. The van der Waals surface area contributed by atoms with Gasteiger partial charge in [0.05, 0.1) is 0 Å². The molecule has 1 rings (SSSR count). The maximum Gasteiger partial charge on any atom is 0.0228 e. The van der Waals surface area contributed by atoms with Crippen molar-refractivity contribution < 1.29 is 0 Å². The molecule has 1 aliphatic rings. The van der Waals surface area contributed by atoms with Gasteiger partial charge < -0.3 is 5.73 Å². The lowest BCUT2D eigenvalue weighted by molar-refractivity contribution is 0.776. The highest BCUT2D eigenvalue weighted by Gasteiger charge is 2.05. The third-order valence-electron chi connectivity index (χ3n) is 1.90. The summed E-state index contributed by atoms with van der Waals surface area (Å²) in [4.78, 5) is 0. The van der Waals surface area contributed by atoms with Crippen molar-refractivity contribution in [1.29, 1.82) is 0 Å². The van der Waals surface area contributed by atoms with Crippen molar-refractivity contribution in [3.8, 4) is 0 Å². The molecule has 0 bridgehead atoms. The first-order valence-electron chi connectivity index (χ1n) is 3.83. The second-order valence-electron chi connectivity index (χ2n) is 2.99. The molecule has 0 aromatic rings. The Labute approximate surface area is 62.6 Å². The van der Waals surface area contributed by atoms with Crippen LogP contribution in [0.2, 0.25) is 0 Å². The lowest BCUT2D eigenvalue weighted by Crippen LogP contribution is -2.18. The lowest BCUT2D eigenvalue weighted by Gasteiger charge is -2.14. The molecule has 0 aliphatic heterocycles. The van der Waals surface area contributed by atoms with E-state index >= 15 is 0 Å². The Morgan fingerprint density at radius 3 is 2.70 bits per heavy atom. The molecule has 0 saturated heterocycles. The first-order chi connectivity index (χ1) is 4.70. The number of hydrogen-bond acceptors (Lipinski definition) is 1. The van der Waals surface area contributed by atoms with Crippen molar-refractivity contribution >= 4 is 0 Å². The molecule has 0 saturated carbocycles. The van der Waals surface area contributed by atoms with Crippen molar-refractivity contribution in [3.63, 3.8) is 0 Å². The monoisotopic (exact) mass is 137 g/mol. The van der Waals surface area contributed by atoms with Crippen molar-refractivity contribution in [2.24, 2.45) is 5.73 Å². The van der Waals surface area contributed by atoms with E-state index in [1.807, 2.05) is 6.92 Å². The highest BCUT2D eigenvalue weighted by molar-refractivity contribution is 5.28. The van der Waals surface area contributed by atoms with Crippen molar-refractivity contribution in [1.82, 2.24) is 0 Å². The number of allylic oxidation sites excluding steroid dienone is 3. The van der Waals surface area contributed by atoms with E-state index < -0.39 is 0 Å². The molecule has 1 atom stereocenters. The summed E-state index contributed by atoms with van der Waals surface area (Å²) >= 11 is 0. The molecule has 0 unspecified atom stereocenters. The van der Waals surface area contributed by atoms with E-state index in [0.29, 0.717) is 0 Å². The molecule has 0 heterocycles. The topological polar surface area (TPSA) is 26.0 Å². The van der Waals surface area contributed by atoms with Gasteiger partial charge in [0.15, 0.2) is 0 Å². The van der Waals surface area contributed by atoms with E-state index in [4.69, 9.17) is 5.73 Å². The van der Waals surface area contributed by atoms with Crippen molar-refractivity contribution in [2.45, 2.75) is 32.7 Å². The van der Waals surface area contributed by atoms with Crippen LogP contribution >= 0.6 is 0 Å². The summed E-state index contributed by atoms with van der Waals surface area (Å²) in [5, 5.41) is 0. The summed E-state index contributed by atoms with van der Waals surface area (Å²) in [6, 6.07) is 0.239. The third kappa shape index (κ3) is 1.71. The van der Waals surface area contributed by atoms with Crippen LogP contribution in [0.3, 0.4) is 0 Å². The van der Waals surface area contributed by atoms with Crippen LogP contribution in [0, 0.1) is 0 Å². The average Bonchev–Trinajstić information content (AvgIpc) is 1.88. The summed E-state index contributed by atoms with van der Waals surface area (Å²) in [7, 11) is 0. The fraction of sp³-hybridized carbons (Fsp3) is 0.556. The third-order valence-corrected chi connectivity index (χ3v) is 1.90. The minimum atomic E-state index is 0.239. The fourth-order valence-electron chi connectivity index (χ4n) is 1.25. The SMILES string of the molecule is CC1=CCCC([C@@H](C)N)=C1. The number of hydrogen-bond donors (Lipinski definition) is 1. The van der Waals surface area contributed by atoms with E-state index in [0.717, 1.165) is 6.42 Å². The quantitative estimate of drug-likeness (QED) is 0.587. The maximum atomic E-state index is 5.73. The van der Waals surface area contributed by atoms with Crippen molar-refractivity contribution in [2.75, 3.05) is 0 Å². The van der Waals surface area contributed by atoms with Gasteiger partial charge in [-0.3, -0.25) is 0 Å². The molecule has 1 aliphatic carbocycles. The summed E-state index contributed by atoms with van der Waals surface area (Å²) in [6.45, 7) is 4.17. The number of nitrogens with two attached hydrogens (primary N) is 1. The van der Waals surface area contributed by atoms with Crippen LogP contribution < -0.4 is 5.73 Å². The minimum Gasteiger partial charge on any atom is -0.324 e. The van der Waals surface area contributed by atoms with E-state index in [2.05, 4.69) is 19.1 Å². The molecule has 0 radical (unpaired) electrons. The van der Waals surface area contributed by atoms with Gasteiger partial charge in [-0.2, -0.15) is 0 Å². The Balaban J connectivity index is 2.69. The second-order valence-corrected chi connectivity index (χ2v) is 2.99. The van der Waals surface area contributed by atoms with Gasteiger partial charge >= 0.3 is 0 Å². The Hall–Kier alpha value is -0.560. The van der Waals surface area contributed by atoms with Crippen LogP contribution in [0.25, 0.3) is 0 Å². The Bertz CT molecular complexity index is 175. The summed E-state index contributed by atoms with van der Waals surface area (Å²) in [6.07, 6.45) is 6.77. The Kier molecular flexibility index (Phi) is 2.28. The lowest BCUT2D eigenvalue weighted by atomic mass is 9.96. The highest BCUT2D eigenvalue weighted by atomic mass is 14.6. The molecular formula is C9H15N. The molecular weight excluding hydrogens is 122 g/mol. The smallest absolute Gasteiger partial charge is 0.0228 e. The van der Waals surface area contributed by atoms with E-state index in [1.165, 1.54) is 17.6 Å². The van der Waals surface area contributed by atoms with E-state index in [9.17, 15) is 0 Å². The largest absolute Gasteiger partial charge is 0.324 e. The highest BCUT2D eigenvalue weighted by Crippen LogP contribution is 2.18. The van der Waals surface area contributed by atoms with Gasteiger partial charge in [0.1, 0.15) is 0 Å². The average molecular weight is 137 g/mol. The maximum absolute atomic E-state index is 5.73. The summed E-state index contributed by atoms with van der Waals surface area (Å²) in [5.74, 6) is 0. The second kappa shape index (κ2) is 3.02. The molecule has 1 heteroatoms. The van der Waals surface area contributed by atoms with Crippen molar-refractivity contribution in [3.05, 3.63) is 23.3 Å². The van der Waals surface area contributed by atoms with Gasteiger partial charge in [-0.05, 0) is 26.7 Å². The van der Waals surface area contributed by atoms with Crippen LogP contribution in [0.4, 0.5) is 0 Å². The molecule has 10 heavy (non-hydrogen) atoms. The van der Waals surface area contributed by atoms with Crippen LogP contribution in [-0.2, 0) is 0 Å². The van der Waals surface area contributed by atoms with Gasteiger partial charge in [0, 0.05) is 6.04 Å². The van der Waals surface area contributed by atoms with Crippen LogP contribution in [0.5, 0.6) is 0 Å². The predicted octanol–water partition coefficient (Wildman–Crippen LogP) is 2.00. The number of rotatable bonds is 1. The molecule has 0 amide bonds. The molecule has 0 aromatic heterocycles. The Morgan fingerprint density at radius 1 is 1.60 bits per heavy atom. The van der Waals surface area contributed by atoms with Crippen LogP contribution in [-0.4, -0.2) is 6.04 Å². The van der Waals surface area contributed by atoms with E-state index in [-0.39, 0.29) is 6.04 Å². The zero-order valence-corrected chi connectivity index (χ0v) is 6.72. The van der Waals surface area contributed by atoms with Crippen LogP contribution in [0.1, 0.15) is 26.7 Å². The molecule has 2 N–H and O–H groups in total. The molecule has 0 fully saturated rings. The minimum absolute atomic E-state index is 0.239. The Morgan fingerprint density at radius 2 is 2.30 bits per heavy atom. The molecule has 56 valence electrons. The van der Waals surface area contributed by atoms with Gasteiger partial charge in [0.2, 0.25) is 0 Å². The fourth-order valence-corrected chi connectivity index (χ4v) is 1.25. The van der Waals surface area contributed by atoms with E-state index in [1.54, 1.807) is 0 Å². The van der Waals surface area contributed by atoms with Gasteiger partial charge in [-0.25, -0.2) is 0 Å². The predicted molar refractivity (Wildman–Crippen MR) is 44.7 cm³/mol. The zero-order chi connectivity index (χ0) is 7.56. The van der Waals surface area contributed by atoms with Gasteiger partial charge in [0.25, 0.3) is 0 Å². The standard InChI is InChI=1S/C9H15N/c1-7-4-3-5-9(6-7)8(2)10/h4,6,8H,3,5,10H2,1-2H3/t8-/m1/s1. The van der Waals surface area contributed by atoms with Gasteiger partial charge in [-0.1, -0.05) is 23.3 Å². The first-order valence-corrected chi connectivity index (χ1v) is 3.83. The summed E-state index contributed by atoms with van der Waals surface area (Å²) in [5.41, 5.74) is 8.48.